The predicted molar refractivity (Wildman–Crippen MR) is 189 cm³/mol. The molecule has 0 bridgehead atoms. The summed E-state index contributed by atoms with van der Waals surface area (Å²) in [7, 11) is 6.82. The van der Waals surface area contributed by atoms with E-state index in [1.165, 1.54) is 11.1 Å². The molecule has 0 N–H and O–H groups in total. The van der Waals surface area contributed by atoms with E-state index in [2.05, 4.69) is 26.0 Å². The molecule has 0 aliphatic rings. The fourth-order valence-corrected chi connectivity index (χ4v) is 9.25. The molecule has 3 aromatic heterocycles. The van der Waals surface area contributed by atoms with Crippen molar-refractivity contribution in [3.05, 3.63) is 59.7 Å². The third-order valence-electron chi connectivity index (χ3n) is 7.33. The lowest BCUT2D eigenvalue weighted by Gasteiger charge is -2.16. The first-order valence-electron chi connectivity index (χ1n) is 14.8. The molecule has 238 valence electrons. The SMILES string of the molecule is COc1cc(-c2c(OC)cccc2OC(C)C)sc1-c1sc(-c2sc(-c3c(OC)cccc3OC(C)C)cc2OC)c(C)c1C. The van der Waals surface area contributed by atoms with Gasteiger partial charge < -0.3 is 28.4 Å². The Morgan fingerprint density at radius 1 is 0.467 bits per heavy atom. The molecule has 0 unspecified atom stereocenters. The number of methoxy groups -OCH3 is 4. The summed E-state index contributed by atoms with van der Waals surface area (Å²) in [6.07, 6.45) is 0.0490. The van der Waals surface area contributed by atoms with E-state index < -0.39 is 0 Å². The Morgan fingerprint density at radius 2 is 0.822 bits per heavy atom. The minimum absolute atomic E-state index is 0.0245. The van der Waals surface area contributed by atoms with Crippen molar-refractivity contribution in [3.63, 3.8) is 0 Å². The van der Waals surface area contributed by atoms with Gasteiger partial charge in [0.05, 0.1) is 71.3 Å². The highest BCUT2D eigenvalue weighted by atomic mass is 32.1. The topological polar surface area (TPSA) is 55.4 Å². The number of benzene rings is 2. The monoisotopic (exact) mass is 664 g/mol. The van der Waals surface area contributed by atoms with Gasteiger partial charge >= 0.3 is 0 Å². The molecule has 6 nitrogen and oxygen atoms in total. The summed E-state index contributed by atoms with van der Waals surface area (Å²) in [5, 5.41) is 0. The molecule has 9 heteroatoms. The molecule has 0 fully saturated rings. The Morgan fingerprint density at radius 3 is 1.16 bits per heavy atom. The van der Waals surface area contributed by atoms with Gasteiger partial charge in [-0.15, -0.1) is 34.0 Å². The van der Waals surface area contributed by atoms with Crippen molar-refractivity contribution in [2.75, 3.05) is 28.4 Å². The molecule has 0 aliphatic carbocycles. The minimum Gasteiger partial charge on any atom is -0.496 e. The summed E-state index contributed by atoms with van der Waals surface area (Å²) < 4.78 is 35.9. The second kappa shape index (κ2) is 13.8. The molecule has 45 heavy (non-hydrogen) atoms. The van der Waals surface area contributed by atoms with Crippen LogP contribution in [0.25, 0.3) is 40.4 Å². The van der Waals surface area contributed by atoms with Gasteiger partial charge in [0.15, 0.2) is 0 Å². The number of hydrogen-bond acceptors (Lipinski definition) is 9. The predicted octanol–water partition coefficient (Wildman–Crippen LogP) is 10.8. The van der Waals surface area contributed by atoms with Crippen LogP contribution >= 0.6 is 34.0 Å². The third kappa shape index (κ3) is 6.39. The third-order valence-corrected chi connectivity index (χ3v) is 11.3. The lowest BCUT2D eigenvalue weighted by molar-refractivity contribution is 0.242. The molecule has 0 amide bonds. The van der Waals surface area contributed by atoms with E-state index in [1.807, 2.05) is 64.1 Å². The van der Waals surface area contributed by atoms with Crippen LogP contribution < -0.4 is 28.4 Å². The molecule has 0 saturated carbocycles. The minimum atomic E-state index is 0.0245. The molecule has 0 spiro atoms. The molecule has 0 atom stereocenters. The van der Waals surface area contributed by atoms with Crippen LogP contribution in [0.15, 0.2) is 48.5 Å². The second-order valence-corrected chi connectivity index (χ2v) is 14.2. The summed E-state index contributed by atoms with van der Waals surface area (Å²) in [4.78, 5) is 6.50. The number of hydrogen-bond donors (Lipinski definition) is 0. The van der Waals surface area contributed by atoms with Gasteiger partial charge in [-0.1, -0.05) is 12.1 Å². The van der Waals surface area contributed by atoms with Crippen LogP contribution in [0.4, 0.5) is 0 Å². The van der Waals surface area contributed by atoms with Crippen molar-refractivity contribution in [3.8, 4) is 74.9 Å². The van der Waals surface area contributed by atoms with E-state index in [-0.39, 0.29) is 12.2 Å². The zero-order chi connectivity index (χ0) is 32.4. The number of thiophene rings is 3. The summed E-state index contributed by atoms with van der Waals surface area (Å²) in [5.74, 6) is 4.72. The lowest BCUT2D eigenvalue weighted by Crippen LogP contribution is -2.06. The first-order chi connectivity index (χ1) is 21.6. The van der Waals surface area contributed by atoms with Crippen molar-refractivity contribution in [1.82, 2.24) is 0 Å². The summed E-state index contributed by atoms with van der Waals surface area (Å²) >= 11 is 5.12. The molecule has 0 radical (unpaired) electrons. The average molecular weight is 665 g/mol. The standard InChI is InChI=1S/C36H40O6S3/c1-19(2)41-25-15-11-13-23(37-7)31(25)29-17-27(39-9)35(43-29)33-21(5)22(6)34(45-33)36-28(40-10)18-30(44-36)32-24(38-8)14-12-16-26(32)42-20(3)4/h11-20H,1-10H3. The van der Waals surface area contributed by atoms with Gasteiger partial charge in [-0.3, -0.25) is 0 Å². The largest absolute Gasteiger partial charge is 0.496 e. The van der Waals surface area contributed by atoms with E-state index in [0.29, 0.717) is 0 Å². The second-order valence-electron chi connectivity index (χ2n) is 11.0. The molecule has 5 aromatic rings. The molecule has 0 saturated heterocycles. The van der Waals surface area contributed by atoms with Gasteiger partial charge in [-0.2, -0.15) is 0 Å². The zero-order valence-electron chi connectivity index (χ0n) is 27.4. The summed E-state index contributed by atoms with van der Waals surface area (Å²) in [6.45, 7) is 12.5. The van der Waals surface area contributed by atoms with Crippen LogP contribution in [0.5, 0.6) is 34.5 Å². The lowest BCUT2D eigenvalue weighted by atomic mass is 10.1. The van der Waals surface area contributed by atoms with Crippen molar-refractivity contribution in [1.29, 1.82) is 0 Å². The maximum absolute atomic E-state index is 6.20. The van der Waals surface area contributed by atoms with Crippen LogP contribution in [0, 0.1) is 13.8 Å². The van der Waals surface area contributed by atoms with Crippen LogP contribution in [0.1, 0.15) is 38.8 Å². The van der Waals surface area contributed by atoms with Crippen LogP contribution in [0.2, 0.25) is 0 Å². The van der Waals surface area contributed by atoms with Crippen molar-refractivity contribution >= 4 is 34.0 Å². The quantitative estimate of drug-likeness (QED) is 0.132. The highest BCUT2D eigenvalue weighted by Gasteiger charge is 2.27. The fraction of sp³-hybridized carbons (Fsp3) is 0.333. The van der Waals surface area contributed by atoms with Crippen molar-refractivity contribution in [2.24, 2.45) is 0 Å². The Balaban J connectivity index is 1.64. The molecule has 5 rings (SSSR count). The summed E-state index contributed by atoms with van der Waals surface area (Å²) in [6, 6.07) is 16.0. The van der Waals surface area contributed by atoms with Gasteiger partial charge in [0.25, 0.3) is 0 Å². The van der Waals surface area contributed by atoms with E-state index in [1.54, 1.807) is 62.4 Å². The van der Waals surface area contributed by atoms with Crippen LogP contribution in [-0.2, 0) is 0 Å². The van der Waals surface area contributed by atoms with E-state index in [9.17, 15) is 0 Å². The average Bonchev–Trinajstić information content (AvgIpc) is 3.71. The molecular weight excluding hydrogens is 625 g/mol. The molecule has 2 aromatic carbocycles. The van der Waals surface area contributed by atoms with Crippen LogP contribution in [0.3, 0.4) is 0 Å². The Kier molecular flexibility index (Phi) is 10.0. The van der Waals surface area contributed by atoms with Gasteiger partial charge in [-0.05, 0) is 89.1 Å². The first-order valence-corrected chi connectivity index (χ1v) is 17.2. The zero-order valence-corrected chi connectivity index (χ0v) is 29.9. The Hall–Kier alpha value is -3.66. The van der Waals surface area contributed by atoms with Gasteiger partial charge in [0.1, 0.15) is 34.5 Å². The smallest absolute Gasteiger partial charge is 0.138 e. The maximum Gasteiger partial charge on any atom is 0.138 e. The Labute approximate surface area is 278 Å². The molecule has 0 aliphatic heterocycles. The fourth-order valence-electron chi connectivity index (χ4n) is 5.20. The van der Waals surface area contributed by atoms with Crippen molar-refractivity contribution < 1.29 is 28.4 Å². The Bertz CT molecular complexity index is 1660. The summed E-state index contributed by atoms with van der Waals surface area (Å²) in [5.41, 5.74) is 4.27. The van der Waals surface area contributed by atoms with E-state index in [0.717, 1.165) is 74.9 Å². The highest BCUT2D eigenvalue weighted by Crippen LogP contribution is 2.55. The van der Waals surface area contributed by atoms with Crippen molar-refractivity contribution in [2.45, 2.75) is 53.8 Å². The van der Waals surface area contributed by atoms with Gasteiger partial charge in [0.2, 0.25) is 0 Å². The van der Waals surface area contributed by atoms with E-state index in [4.69, 9.17) is 28.4 Å². The van der Waals surface area contributed by atoms with Crippen LogP contribution in [-0.4, -0.2) is 40.6 Å². The maximum atomic E-state index is 6.20. The van der Waals surface area contributed by atoms with Gasteiger partial charge in [0, 0.05) is 9.75 Å². The number of ether oxygens (including phenoxy) is 6. The van der Waals surface area contributed by atoms with E-state index >= 15 is 0 Å². The molecule has 3 heterocycles. The first kappa shape index (κ1) is 32.7. The normalized spacial score (nSPS) is 11.3. The van der Waals surface area contributed by atoms with Gasteiger partial charge in [-0.25, -0.2) is 0 Å². The number of rotatable bonds is 12. The molecular formula is C36H40O6S3. The highest BCUT2D eigenvalue weighted by molar-refractivity contribution is 7.28.